The maximum Gasteiger partial charge on any atom is 0.439 e. The van der Waals surface area contributed by atoms with Crippen LogP contribution in [0.3, 0.4) is 0 Å². The van der Waals surface area contributed by atoms with Crippen molar-refractivity contribution in [2.24, 2.45) is 0 Å². The second-order valence-corrected chi connectivity index (χ2v) is 5.75. The van der Waals surface area contributed by atoms with Crippen LogP contribution in [0.5, 0.6) is 5.75 Å². The number of aromatic amines is 1. The maximum atomic E-state index is 11.0. The number of hydrogen-bond donors (Lipinski definition) is 1. The summed E-state index contributed by atoms with van der Waals surface area (Å²) in [7, 11) is 0. The van der Waals surface area contributed by atoms with Gasteiger partial charge >= 0.3 is 5.76 Å². The Balaban J connectivity index is 0.00000208. The van der Waals surface area contributed by atoms with Gasteiger partial charge in [-0.3, -0.25) is 14.4 Å². The third-order valence-electron chi connectivity index (χ3n) is 4.09. The van der Waals surface area contributed by atoms with Crippen molar-refractivity contribution >= 4 is 12.4 Å². The van der Waals surface area contributed by atoms with Crippen LogP contribution in [0, 0.1) is 0 Å². The summed E-state index contributed by atoms with van der Waals surface area (Å²) in [4.78, 5) is 20.1. The molecule has 3 heterocycles. The molecular formula is C16H23ClN4O3. The molecule has 0 saturated carbocycles. The minimum absolute atomic E-state index is 0. The monoisotopic (exact) mass is 354 g/mol. The van der Waals surface area contributed by atoms with Gasteiger partial charge in [0.25, 0.3) is 0 Å². The van der Waals surface area contributed by atoms with Crippen LogP contribution in [-0.4, -0.2) is 39.3 Å². The molecule has 0 amide bonds. The molecule has 0 bridgehead atoms. The number of hydrogen-bond acceptors (Lipinski definition) is 6. The van der Waals surface area contributed by atoms with E-state index in [1.165, 1.54) is 25.7 Å². The summed E-state index contributed by atoms with van der Waals surface area (Å²) in [5.41, 5.74) is 0.547. The predicted molar refractivity (Wildman–Crippen MR) is 92.4 cm³/mol. The number of halogens is 1. The predicted octanol–water partition coefficient (Wildman–Crippen LogP) is 2.84. The van der Waals surface area contributed by atoms with Crippen LogP contribution in [0.25, 0.3) is 11.5 Å². The van der Waals surface area contributed by atoms with Crippen LogP contribution in [-0.2, 0) is 0 Å². The first kappa shape index (κ1) is 18.5. The molecule has 7 nitrogen and oxygen atoms in total. The average Bonchev–Trinajstić information content (AvgIpc) is 2.84. The van der Waals surface area contributed by atoms with Crippen molar-refractivity contribution in [3.05, 3.63) is 28.9 Å². The van der Waals surface area contributed by atoms with Crippen LogP contribution in [0.4, 0.5) is 0 Å². The van der Waals surface area contributed by atoms with Gasteiger partial charge in [0, 0.05) is 13.1 Å². The highest BCUT2D eigenvalue weighted by Gasteiger charge is 2.19. The van der Waals surface area contributed by atoms with E-state index in [9.17, 15) is 4.79 Å². The summed E-state index contributed by atoms with van der Waals surface area (Å²) < 4.78 is 10.6. The zero-order valence-corrected chi connectivity index (χ0v) is 14.6. The highest BCUT2D eigenvalue weighted by molar-refractivity contribution is 5.85. The molecule has 24 heavy (non-hydrogen) atoms. The molecule has 1 saturated heterocycles. The first-order chi connectivity index (χ1) is 11.3. The van der Waals surface area contributed by atoms with Gasteiger partial charge < -0.3 is 4.74 Å². The van der Waals surface area contributed by atoms with Crippen molar-refractivity contribution in [1.82, 2.24) is 20.0 Å². The largest absolute Gasteiger partial charge is 0.474 e. The van der Waals surface area contributed by atoms with Crippen molar-refractivity contribution in [3.63, 3.8) is 0 Å². The molecule has 3 rings (SSSR count). The van der Waals surface area contributed by atoms with Crippen LogP contribution in [0.1, 0.15) is 39.0 Å². The smallest absolute Gasteiger partial charge is 0.439 e. The fourth-order valence-corrected chi connectivity index (χ4v) is 2.89. The zero-order valence-electron chi connectivity index (χ0n) is 13.7. The van der Waals surface area contributed by atoms with E-state index < -0.39 is 5.76 Å². The second kappa shape index (κ2) is 8.84. The lowest BCUT2D eigenvalue weighted by atomic mass is 10.2. The molecule has 0 spiro atoms. The van der Waals surface area contributed by atoms with E-state index in [2.05, 4.69) is 31.5 Å². The summed E-state index contributed by atoms with van der Waals surface area (Å²) in [5, 5.41) is 3.62. The van der Waals surface area contributed by atoms with Crippen LogP contribution < -0.4 is 10.5 Å². The summed E-state index contributed by atoms with van der Waals surface area (Å²) in [6.07, 6.45) is 7.74. The van der Waals surface area contributed by atoms with E-state index in [4.69, 9.17) is 4.74 Å². The highest BCUT2D eigenvalue weighted by atomic mass is 35.5. The van der Waals surface area contributed by atoms with E-state index in [-0.39, 0.29) is 18.6 Å². The molecule has 1 aliphatic rings. The highest BCUT2D eigenvalue weighted by Crippen LogP contribution is 2.20. The van der Waals surface area contributed by atoms with Gasteiger partial charge in [0.15, 0.2) is 6.23 Å². The van der Waals surface area contributed by atoms with Crippen molar-refractivity contribution in [2.75, 3.05) is 13.1 Å². The van der Waals surface area contributed by atoms with Crippen LogP contribution >= 0.6 is 12.4 Å². The van der Waals surface area contributed by atoms with Crippen molar-refractivity contribution in [3.8, 4) is 17.3 Å². The van der Waals surface area contributed by atoms with Crippen LogP contribution in [0.15, 0.2) is 27.6 Å². The van der Waals surface area contributed by atoms with E-state index in [0.29, 0.717) is 11.5 Å². The Bertz CT molecular complexity index is 662. The van der Waals surface area contributed by atoms with Gasteiger partial charge in [-0.15, -0.1) is 12.4 Å². The molecule has 1 fully saturated rings. The first-order valence-electron chi connectivity index (χ1n) is 8.19. The Morgan fingerprint density at radius 2 is 2.04 bits per heavy atom. The van der Waals surface area contributed by atoms with Crippen LogP contribution in [0.2, 0.25) is 0 Å². The average molecular weight is 355 g/mol. The molecule has 132 valence electrons. The number of nitrogens with zero attached hydrogens (tertiary/aromatic N) is 3. The summed E-state index contributed by atoms with van der Waals surface area (Å²) >= 11 is 0. The minimum atomic E-state index is -0.589. The lowest BCUT2D eigenvalue weighted by Crippen LogP contribution is -2.39. The minimum Gasteiger partial charge on any atom is -0.474 e. The molecule has 8 heteroatoms. The fourth-order valence-electron chi connectivity index (χ4n) is 2.89. The number of nitrogens with one attached hydrogen (secondary N) is 1. The number of H-pyrrole nitrogens is 1. The van der Waals surface area contributed by atoms with Gasteiger partial charge in [-0.1, -0.05) is 24.9 Å². The molecular weight excluding hydrogens is 332 g/mol. The third-order valence-corrected chi connectivity index (χ3v) is 4.09. The number of aromatic nitrogens is 3. The fraction of sp³-hybridized carbons (Fsp3) is 0.562. The molecule has 0 aromatic carbocycles. The van der Waals surface area contributed by atoms with Gasteiger partial charge in [0.05, 0.1) is 6.20 Å². The molecule has 1 unspecified atom stereocenters. The lowest BCUT2D eigenvalue weighted by molar-refractivity contribution is 0.0244. The number of likely N-dealkylation sites (tertiary alicyclic amines) is 1. The Morgan fingerprint density at radius 1 is 1.29 bits per heavy atom. The molecule has 0 aliphatic carbocycles. The van der Waals surface area contributed by atoms with E-state index >= 15 is 0 Å². The van der Waals surface area contributed by atoms with Gasteiger partial charge in [-0.05, 0) is 31.4 Å². The Hall–Kier alpha value is -1.86. The lowest BCUT2D eigenvalue weighted by Gasteiger charge is -2.30. The molecule has 2 aromatic heterocycles. The van der Waals surface area contributed by atoms with Gasteiger partial charge in [-0.2, -0.15) is 0 Å². The number of rotatable bonds is 5. The van der Waals surface area contributed by atoms with E-state index in [1.807, 2.05) is 6.07 Å². The first-order valence-corrected chi connectivity index (χ1v) is 8.19. The summed E-state index contributed by atoms with van der Waals surface area (Å²) in [6, 6.07) is 3.61. The molecule has 1 N–H and O–H groups in total. The number of pyridine rings is 1. The Kier molecular flexibility index (Phi) is 6.81. The standard InChI is InChI=1S/C16H22N4O3.ClH/c1-2-14(20-9-5-3-4-6-10-20)22-12-7-8-13(17-11-12)15-18-16(21)23-19-15;/h7-8,11,14H,2-6,9-10H2,1H3,(H,18,19,21);1H. The normalized spacial score (nSPS) is 16.9. The Morgan fingerprint density at radius 3 is 2.58 bits per heavy atom. The van der Waals surface area contributed by atoms with Crippen molar-refractivity contribution < 1.29 is 9.26 Å². The van der Waals surface area contributed by atoms with Gasteiger partial charge in [0.2, 0.25) is 5.82 Å². The molecule has 0 radical (unpaired) electrons. The maximum absolute atomic E-state index is 11.0. The zero-order chi connectivity index (χ0) is 16.1. The van der Waals surface area contributed by atoms with Gasteiger partial charge in [0.1, 0.15) is 11.4 Å². The van der Waals surface area contributed by atoms with Crippen molar-refractivity contribution in [1.29, 1.82) is 0 Å². The topological polar surface area (TPSA) is 84.2 Å². The van der Waals surface area contributed by atoms with E-state index in [1.54, 1.807) is 12.3 Å². The SMILES string of the molecule is CCC(Oc1ccc(-c2noc(=O)[nH]2)nc1)N1CCCCCC1.Cl. The summed E-state index contributed by atoms with van der Waals surface area (Å²) in [5.74, 6) is 0.450. The quantitative estimate of drug-likeness (QED) is 0.888. The summed E-state index contributed by atoms with van der Waals surface area (Å²) in [6.45, 7) is 4.31. The second-order valence-electron chi connectivity index (χ2n) is 5.75. The Labute approximate surface area is 146 Å². The third kappa shape index (κ3) is 4.58. The number of ether oxygens (including phenoxy) is 1. The molecule has 2 aromatic rings. The molecule has 1 atom stereocenters. The van der Waals surface area contributed by atoms with Gasteiger partial charge in [-0.25, -0.2) is 9.78 Å². The molecule has 1 aliphatic heterocycles. The van der Waals surface area contributed by atoms with E-state index in [0.717, 1.165) is 25.3 Å². The van der Waals surface area contributed by atoms with Crippen molar-refractivity contribution in [2.45, 2.75) is 45.3 Å².